The van der Waals surface area contributed by atoms with Crippen molar-refractivity contribution in [3.8, 4) is 11.6 Å². The summed E-state index contributed by atoms with van der Waals surface area (Å²) >= 11 is 11.7. The van der Waals surface area contributed by atoms with Crippen LogP contribution in [0.2, 0.25) is 10.0 Å². The van der Waals surface area contributed by atoms with Gasteiger partial charge in [-0.3, -0.25) is 9.68 Å². The highest BCUT2D eigenvalue weighted by Gasteiger charge is 2.41. The van der Waals surface area contributed by atoms with Crippen LogP contribution in [0.5, 0.6) is 11.6 Å². The molecular formula is C31H25Cl2F6N3O7S. The van der Waals surface area contributed by atoms with Gasteiger partial charge < -0.3 is 9.64 Å². The van der Waals surface area contributed by atoms with Crippen molar-refractivity contribution in [3.63, 3.8) is 0 Å². The molecule has 1 N–H and O–H groups in total. The Morgan fingerprint density at radius 2 is 1.42 bits per heavy atom. The summed E-state index contributed by atoms with van der Waals surface area (Å²) in [5.41, 5.74) is -5.70. The minimum Gasteiger partial charge on any atom is -0.435 e. The van der Waals surface area contributed by atoms with Crippen molar-refractivity contribution in [2.45, 2.75) is 36.8 Å². The number of nitrogens with zero attached hydrogens (tertiary/aromatic N) is 3. The molecular weight excluding hydrogens is 743 g/mol. The average Bonchev–Trinajstić information content (AvgIpc) is 3.03. The van der Waals surface area contributed by atoms with Crippen LogP contribution in [0.15, 0.2) is 78.1 Å². The van der Waals surface area contributed by atoms with Crippen LogP contribution in [0.3, 0.4) is 0 Å². The van der Waals surface area contributed by atoms with Crippen LogP contribution in [0, 0.1) is 0 Å². The van der Waals surface area contributed by atoms with E-state index in [1.165, 1.54) is 24.3 Å². The van der Waals surface area contributed by atoms with Crippen LogP contribution in [0.25, 0.3) is 0 Å². The Morgan fingerprint density at radius 1 is 0.860 bits per heavy atom. The summed E-state index contributed by atoms with van der Waals surface area (Å²) in [5.74, 6) is -2.22. The number of para-hydroxylation sites is 1. The molecule has 19 heteroatoms. The fraction of sp³-hybridized carbons (Fsp3) is 0.226. The van der Waals surface area contributed by atoms with Crippen LogP contribution in [-0.4, -0.2) is 48.8 Å². The highest BCUT2D eigenvalue weighted by Crippen LogP contribution is 2.41. The van der Waals surface area contributed by atoms with Crippen molar-refractivity contribution in [1.29, 1.82) is 0 Å². The fourth-order valence-corrected chi connectivity index (χ4v) is 4.95. The number of benzene rings is 3. The Morgan fingerprint density at radius 3 is 1.92 bits per heavy atom. The zero-order chi connectivity index (χ0) is 37.8. The molecule has 0 unspecified atom stereocenters. The number of amides is 1. The molecule has 0 aliphatic heterocycles. The third kappa shape index (κ3) is 9.83. The molecule has 3 aromatic carbocycles. The molecule has 0 aliphatic rings. The Kier molecular flexibility index (Phi) is 12.2. The SMILES string of the molecule is CN(C(=O)C(C)(C)c1cc(C(F)(F)F)cc(C(F)(F)F)c1)c1cnc(S(C)(=O)=O)nc1Oc1ccccc1Cl.O=C(OO)c1cccc(Cl)c1. The van der Waals surface area contributed by atoms with Gasteiger partial charge >= 0.3 is 18.3 Å². The van der Waals surface area contributed by atoms with Crippen molar-refractivity contribution >= 4 is 50.6 Å². The molecule has 0 radical (unpaired) electrons. The molecule has 50 heavy (non-hydrogen) atoms. The third-order valence-corrected chi connectivity index (χ3v) is 8.15. The molecule has 268 valence electrons. The fourth-order valence-electron chi connectivity index (χ4n) is 4.10. The van der Waals surface area contributed by atoms with Gasteiger partial charge in [0.2, 0.25) is 26.8 Å². The van der Waals surface area contributed by atoms with E-state index < -0.39 is 67.2 Å². The minimum absolute atomic E-state index is 0.0198. The molecule has 4 rings (SSSR count). The summed E-state index contributed by atoms with van der Waals surface area (Å²) in [6.45, 7) is 2.28. The van der Waals surface area contributed by atoms with Gasteiger partial charge in [-0.05, 0) is 67.9 Å². The van der Waals surface area contributed by atoms with E-state index in [-0.39, 0.29) is 28.1 Å². The van der Waals surface area contributed by atoms with Crippen molar-refractivity contribution in [2.75, 3.05) is 18.2 Å². The maximum Gasteiger partial charge on any atom is 0.416 e. The molecule has 0 fully saturated rings. The van der Waals surface area contributed by atoms with E-state index in [2.05, 4.69) is 14.9 Å². The number of alkyl halides is 6. The molecule has 1 aromatic heterocycles. The van der Waals surface area contributed by atoms with Gasteiger partial charge in [0.15, 0.2) is 0 Å². The minimum atomic E-state index is -5.12. The molecule has 1 heterocycles. The Hall–Kier alpha value is -4.45. The summed E-state index contributed by atoms with van der Waals surface area (Å²) in [6, 6.07) is 13.0. The van der Waals surface area contributed by atoms with Crippen molar-refractivity contribution in [2.24, 2.45) is 0 Å². The first-order valence-electron chi connectivity index (χ1n) is 13.7. The van der Waals surface area contributed by atoms with E-state index in [4.69, 9.17) is 33.2 Å². The van der Waals surface area contributed by atoms with Crippen molar-refractivity contribution < 1.29 is 59.2 Å². The van der Waals surface area contributed by atoms with E-state index in [0.29, 0.717) is 17.2 Å². The van der Waals surface area contributed by atoms with Crippen LogP contribution in [0.4, 0.5) is 32.0 Å². The number of anilines is 1. The number of likely N-dealkylation sites (N-methyl/N-ethyl adjacent to an activating group) is 1. The summed E-state index contributed by atoms with van der Waals surface area (Å²) in [6.07, 6.45) is -8.49. The average molecular weight is 769 g/mol. The highest BCUT2D eigenvalue weighted by molar-refractivity contribution is 7.90. The number of carbonyl (C=O) groups is 2. The topological polar surface area (TPSA) is 136 Å². The van der Waals surface area contributed by atoms with Gasteiger partial charge in [0, 0.05) is 18.3 Å². The lowest BCUT2D eigenvalue weighted by Gasteiger charge is -2.31. The maximum absolute atomic E-state index is 13.5. The molecule has 0 atom stereocenters. The Balaban J connectivity index is 0.000000521. The first-order chi connectivity index (χ1) is 23.0. The maximum atomic E-state index is 13.5. The van der Waals surface area contributed by atoms with Gasteiger partial charge in [0.25, 0.3) is 0 Å². The molecule has 0 bridgehead atoms. The van der Waals surface area contributed by atoms with E-state index >= 15 is 0 Å². The van der Waals surface area contributed by atoms with Gasteiger partial charge in [-0.15, -0.1) is 0 Å². The predicted octanol–water partition coefficient (Wildman–Crippen LogP) is 8.27. The van der Waals surface area contributed by atoms with Gasteiger partial charge in [-0.2, -0.15) is 36.6 Å². The first kappa shape index (κ1) is 40.0. The second-order valence-corrected chi connectivity index (χ2v) is 13.6. The lowest BCUT2D eigenvalue weighted by Crippen LogP contribution is -2.42. The number of carbonyl (C=O) groups excluding carboxylic acids is 2. The van der Waals surface area contributed by atoms with Crippen LogP contribution in [0.1, 0.15) is 40.9 Å². The van der Waals surface area contributed by atoms with Crippen molar-refractivity contribution in [1.82, 2.24) is 9.97 Å². The smallest absolute Gasteiger partial charge is 0.416 e. The number of hydrogen-bond acceptors (Lipinski definition) is 9. The summed E-state index contributed by atoms with van der Waals surface area (Å²) in [7, 11) is -2.80. The number of rotatable bonds is 7. The van der Waals surface area contributed by atoms with E-state index in [9.17, 15) is 44.3 Å². The lowest BCUT2D eigenvalue weighted by atomic mass is 9.81. The number of sulfone groups is 1. The number of halogens is 8. The number of ether oxygens (including phenoxy) is 1. The van der Waals surface area contributed by atoms with E-state index in [1.54, 1.807) is 24.3 Å². The van der Waals surface area contributed by atoms with Crippen LogP contribution in [-0.2, 0) is 37.3 Å². The molecule has 0 saturated heterocycles. The van der Waals surface area contributed by atoms with Crippen molar-refractivity contribution in [3.05, 3.63) is 105 Å². The summed E-state index contributed by atoms with van der Waals surface area (Å²) in [5, 5.41) is 7.84. The second kappa shape index (κ2) is 15.2. The number of hydrogen-bond donors (Lipinski definition) is 1. The molecule has 0 aliphatic carbocycles. The molecule has 1 amide bonds. The quantitative estimate of drug-likeness (QED) is 0.0853. The van der Waals surface area contributed by atoms with Crippen LogP contribution < -0.4 is 9.64 Å². The van der Waals surface area contributed by atoms with Gasteiger partial charge in [-0.25, -0.2) is 18.2 Å². The van der Waals surface area contributed by atoms with E-state index in [1.807, 2.05) is 0 Å². The zero-order valence-corrected chi connectivity index (χ0v) is 28.4. The molecule has 4 aromatic rings. The summed E-state index contributed by atoms with van der Waals surface area (Å²) in [4.78, 5) is 36.1. The predicted molar refractivity (Wildman–Crippen MR) is 169 cm³/mol. The standard InChI is InChI=1S/C24H20ClF6N3O4S.C7H5ClO3/c1-22(2,13-9-14(23(26,27)28)11-15(10-13)24(29,30)31)20(35)34(3)17-12-32-21(39(4,36)37)33-19(17)38-18-8-6-5-7-16(18)25;8-6-3-1-2-5(4-6)7(9)11-10/h5-12H,1-4H3;1-4,10H. The Bertz CT molecular complexity index is 1980. The summed E-state index contributed by atoms with van der Waals surface area (Å²) < 4.78 is 110. The molecule has 0 spiro atoms. The number of aromatic nitrogens is 2. The second-order valence-electron chi connectivity index (χ2n) is 10.8. The van der Waals surface area contributed by atoms with E-state index in [0.717, 1.165) is 38.2 Å². The lowest BCUT2D eigenvalue weighted by molar-refractivity contribution is -0.182. The molecule has 10 nitrogen and oxygen atoms in total. The normalized spacial score (nSPS) is 12.0. The highest BCUT2D eigenvalue weighted by atomic mass is 35.5. The van der Waals surface area contributed by atoms with Gasteiger partial charge in [0.05, 0.1) is 33.3 Å². The van der Waals surface area contributed by atoms with Gasteiger partial charge in [-0.1, -0.05) is 41.4 Å². The monoisotopic (exact) mass is 767 g/mol. The van der Waals surface area contributed by atoms with Crippen LogP contribution >= 0.6 is 23.2 Å². The Labute approximate surface area is 291 Å². The first-order valence-corrected chi connectivity index (χ1v) is 16.3. The molecule has 0 saturated carbocycles. The third-order valence-electron chi connectivity index (χ3n) is 6.74. The van der Waals surface area contributed by atoms with Gasteiger partial charge in [0.1, 0.15) is 11.4 Å². The zero-order valence-electron chi connectivity index (χ0n) is 26.1. The largest absolute Gasteiger partial charge is 0.435 e.